The zero-order chi connectivity index (χ0) is 12.0. The van der Waals surface area contributed by atoms with Crippen molar-refractivity contribution in [3.05, 3.63) is 29.3 Å². The average molecular weight is 241 g/mol. The lowest BCUT2D eigenvalue weighted by molar-refractivity contribution is -0.116. The molecule has 0 bridgehead atoms. The zero-order valence-electron chi connectivity index (χ0n) is 9.37. The maximum absolute atomic E-state index is 11.6. The molecule has 0 fully saturated rings. The first kappa shape index (κ1) is 13.0. The number of amides is 1. The Hall–Kier alpha value is -1.06. The van der Waals surface area contributed by atoms with Crippen LogP contribution < -0.4 is 11.1 Å². The van der Waals surface area contributed by atoms with Crippen LogP contribution in [0.1, 0.15) is 26.2 Å². The third-order valence-corrected chi connectivity index (χ3v) is 2.49. The van der Waals surface area contributed by atoms with Gasteiger partial charge in [-0.15, -0.1) is 0 Å². The van der Waals surface area contributed by atoms with Gasteiger partial charge in [-0.05, 0) is 30.7 Å². The van der Waals surface area contributed by atoms with Crippen LogP contribution in [-0.4, -0.2) is 11.9 Å². The SMILES string of the molecule is CCCC(N)CC(=O)Nc1ccc(Cl)cc1. The molecule has 0 aliphatic heterocycles. The lowest BCUT2D eigenvalue weighted by atomic mass is 10.1. The smallest absolute Gasteiger partial charge is 0.225 e. The van der Waals surface area contributed by atoms with Crippen molar-refractivity contribution in [2.45, 2.75) is 32.2 Å². The van der Waals surface area contributed by atoms with E-state index < -0.39 is 0 Å². The molecule has 0 aliphatic carbocycles. The van der Waals surface area contributed by atoms with E-state index in [9.17, 15) is 4.79 Å². The van der Waals surface area contributed by atoms with Crippen molar-refractivity contribution in [2.75, 3.05) is 5.32 Å². The summed E-state index contributed by atoms with van der Waals surface area (Å²) in [4.78, 5) is 11.6. The van der Waals surface area contributed by atoms with Gasteiger partial charge in [0.15, 0.2) is 0 Å². The Morgan fingerprint density at radius 3 is 2.62 bits per heavy atom. The highest BCUT2D eigenvalue weighted by atomic mass is 35.5. The maximum atomic E-state index is 11.6. The van der Waals surface area contributed by atoms with E-state index in [2.05, 4.69) is 12.2 Å². The number of nitrogens with two attached hydrogens (primary N) is 1. The quantitative estimate of drug-likeness (QED) is 0.832. The molecule has 3 N–H and O–H groups in total. The summed E-state index contributed by atoms with van der Waals surface area (Å²) in [5.74, 6) is -0.0525. The topological polar surface area (TPSA) is 55.1 Å². The van der Waals surface area contributed by atoms with E-state index in [1.54, 1.807) is 24.3 Å². The molecule has 0 aliphatic rings. The molecule has 1 aromatic rings. The summed E-state index contributed by atoms with van der Waals surface area (Å²) in [5.41, 5.74) is 6.53. The van der Waals surface area contributed by atoms with Crippen molar-refractivity contribution in [3.8, 4) is 0 Å². The van der Waals surface area contributed by atoms with Gasteiger partial charge < -0.3 is 11.1 Å². The van der Waals surface area contributed by atoms with E-state index in [-0.39, 0.29) is 11.9 Å². The Balaban J connectivity index is 2.42. The molecule has 0 radical (unpaired) electrons. The summed E-state index contributed by atoms with van der Waals surface area (Å²) in [6.45, 7) is 2.05. The predicted octanol–water partition coefficient (Wildman–Crippen LogP) is 2.80. The van der Waals surface area contributed by atoms with E-state index >= 15 is 0 Å². The van der Waals surface area contributed by atoms with Gasteiger partial charge in [-0.2, -0.15) is 0 Å². The van der Waals surface area contributed by atoms with Crippen LogP contribution in [0.15, 0.2) is 24.3 Å². The van der Waals surface area contributed by atoms with E-state index in [0.29, 0.717) is 11.4 Å². The van der Waals surface area contributed by atoms with Crippen molar-refractivity contribution in [1.29, 1.82) is 0 Å². The summed E-state index contributed by atoms with van der Waals surface area (Å²) in [5, 5.41) is 3.43. The third-order valence-electron chi connectivity index (χ3n) is 2.24. The molecule has 1 rings (SSSR count). The van der Waals surface area contributed by atoms with Gasteiger partial charge in [0.1, 0.15) is 0 Å². The highest BCUT2D eigenvalue weighted by Gasteiger charge is 2.08. The number of carbonyl (C=O) groups excluding carboxylic acids is 1. The minimum atomic E-state index is -0.0581. The summed E-state index contributed by atoms with van der Waals surface area (Å²) >= 11 is 5.74. The molecule has 1 unspecified atom stereocenters. The lowest BCUT2D eigenvalue weighted by Crippen LogP contribution is -2.26. The second-order valence-corrected chi connectivity index (χ2v) is 4.24. The zero-order valence-corrected chi connectivity index (χ0v) is 10.1. The van der Waals surface area contributed by atoms with Crippen LogP contribution in [0.4, 0.5) is 5.69 Å². The van der Waals surface area contributed by atoms with Crippen molar-refractivity contribution in [2.24, 2.45) is 5.73 Å². The molecular weight excluding hydrogens is 224 g/mol. The molecule has 0 heterocycles. The van der Waals surface area contributed by atoms with Gasteiger partial charge in [0.05, 0.1) is 0 Å². The Morgan fingerprint density at radius 2 is 2.06 bits per heavy atom. The summed E-state index contributed by atoms with van der Waals surface area (Å²) in [7, 11) is 0. The van der Waals surface area contributed by atoms with Crippen molar-refractivity contribution in [3.63, 3.8) is 0 Å². The average Bonchev–Trinajstić information content (AvgIpc) is 2.21. The molecule has 4 heteroatoms. The van der Waals surface area contributed by atoms with Gasteiger partial charge in [0.2, 0.25) is 5.91 Å². The van der Waals surface area contributed by atoms with Gasteiger partial charge in [-0.3, -0.25) is 4.79 Å². The van der Waals surface area contributed by atoms with Gasteiger partial charge in [0, 0.05) is 23.2 Å². The van der Waals surface area contributed by atoms with E-state index in [0.717, 1.165) is 18.5 Å². The first-order valence-electron chi connectivity index (χ1n) is 5.42. The van der Waals surface area contributed by atoms with Crippen LogP contribution in [-0.2, 0) is 4.79 Å². The number of rotatable bonds is 5. The molecule has 0 spiro atoms. The second kappa shape index (κ2) is 6.51. The van der Waals surface area contributed by atoms with Gasteiger partial charge in [0.25, 0.3) is 0 Å². The Morgan fingerprint density at radius 1 is 1.44 bits per heavy atom. The fourth-order valence-electron chi connectivity index (χ4n) is 1.46. The van der Waals surface area contributed by atoms with Crippen LogP contribution in [0, 0.1) is 0 Å². The first-order chi connectivity index (χ1) is 7.61. The Labute approximate surface area is 101 Å². The molecule has 3 nitrogen and oxygen atoms in total. The van der Waals surface area contributed by atoms with Crippen LogP contribution in [0.3, 0.4) is 0 Å². The fraction of sp³-hybridized carbons (Fsp3) is 0.417. The third kappa shape index (κ3) is 4.64. The van der Waals surface area contributed by atoms with E-state index in [1.165, 1.54) is 0 Å². The molecule has 0 saturated heterocycles. The maximum Gasteiger partial charge on any atom is 0.225 e. The standard InChI is InChI=1S/C12H17ClN2O/c1-2-3-10(14)8-12(16)15-11-6-4-9(13)5-7-11/h4-7,10H,2-3,8,14H2,1H3,(H,15,16). The van der Waals surface area contributed by atoms with Crippen LogP contribution in [0.2, 0.25) is 5.02 Å². The Bertz CT molecular complexity index is 337. The minimum Gasteiger partial charge on any atom is -0.327 e. The highest BCUT2D eigenvalue weighted by molar-refractivity contribution is 6.30. The predicted molar refractivity (Wildman–Crippen MR) is 67.6 cm³/mol. The summed E-state index contributed by atoms with van der Waals surface area (Å²) in [6.07, 6.45) is 2.22. The first-order valence-corrected chi connectivity index (χ1v) is 5.80. The normalized spacial score (nSPS) is 12.2. The number of carbonyl (C=O) groups is 1. The minimum absolute atomic E-state index is 0.0525. The molecule has 0 saturated carbocycles. The summed E-state index contributed by atoms with van der Waals surface area (Å²) < 4.78 is 0. The molecule has 1 atom stereocenters. The fourth-order valence-corrected chi connectivity index (χ4v) is 1.58. The van der Waals surface area contributed by atoms with Crippen LogP contribution >= 0.6 is 11.6 Å². The largest absolute Gasteiger partial charge is 0.327 e. The number of anilines is 1. The van der Waals surface area contributed by atoms with Crippen LogP contribution in [0.5, 0.6) is 0 Å². The van der Waals surface area contributed by atoms with Crippen molar-refractivity contribution < 1.29 is 4.79 Å². The van der Waals surface area contributed by atoms with E-state index in [4.69, 9.17) is 17.3 Å². The molecule has 16 heavy (non-hydrogen) atoms. The highest BCUT2D eigenvalue weighted by Crippen LogP contribution is 2.13. The Kier molecular flexibility index (Phi) is 5.29. The number of hydrogen-bond acceptors (Lipinski definition) is 2. The number of halogens is 1. The summed E-state index contributed by atoms with van der Waals surface area (Å²) in [6, 6.07) is 6.96. The van der Waals surface area contributed by atoms with Gasteiger partial charge in [-0.1, -0.05) is 24.9 Å². The van der Waals surface area contributed by atoms with Crippen molar-refractivity contribution >= 4 is 23.2 Å². The number of nitrogens with one attached hydrogen (secondary N) is 1. The van der Waals surface area contributed by atoms with Gasteiger partial charge >= 0.3 is 0 Å². The van der Waals surface area contributed by atoms with Crippen molar-refractivity contribution in [1.82, 2.24) is 0 Å². The molecule has 1 amide bonds. The molecule has 1 aromatic carbocycles. The van der Waals surface area contributed by atoms with Gasteiger partial charge in [-0.25, -0.2) is 0 Å². The van der Waals surface area contributed by atoms with Crippen LogP contribution in [0.25, 0.3) is 0 Å². The lowest BCUT2D eigenvalue weighted by Gasteiger charge is -2.10. The monoisotopic (exact) mass is 240 g/mol. The molecule has 0 aromatic heterocycles. The van der Waals surface area contributed by atoms with E-state index in [1.807, 2.05) is 0 Å². The molecule has 88 valence electrons. The second-order valence-electron chi connectivity index (χ2n) is 3.81. The number of benzene rings is 1. The number of hydrogen-bond donors (Lipinski definition) is 2. The molecular formula is C12H17ClN2O.